The first-order valence-electron chi connectivity index (χ1n) is 11.0. The van der Waals surface area contributed by atoms with Gasteiger partial charge in [0.05, 0.1) is 22.3 Å². The molecule has 0 atom stereocenters. The maximum atomic E-state index is 15.1. The Balaban J connectivity index is 1.46. The molecule has 0 fully saturated rings. The van der Waals surface area contributed by atoms with Crippen molar-refractivity contribution >= 4 is 33.2 Å². The van der Waals surface area contributed by atoms with Gasteiger partial charge in [0.15, 0.2) is 0 Å². The molecule has 0 saturated carbocycles. The number of alkyl halides is 3. The molecule has 0 unspecified atom stereocenters. The van der Waals surface area contributed by atoms with Gasteiger partial charge in [-0.25, -0.2) is 13.8 Å². The number of fused-ring (bicyclic) bond motifs is 1. The monoisotopic (exact) mass is 515 g/mol. The number of imidazole rings is 1. The van der Waals surface area contributed by atoms with Crippen LogP contribution >= 0.6 is 11.3 Å². The van der Waals surface area contributed by atoms with E-state index in [0.717, 1.165) is 29.9 Å². The Labute approximate surface area is 206 Å². The molecule has 0 amide bonds. The lowest BCUT2D eigenvalue weighted by atomic mass is 10.1. The molecule has 5 nitrogen and oxygen atoms in total. The Morgan fingerprint density at radius 3 is 2.42 bits per heavy atom. The summed E-state index contributed by atoms with van der Waals surface area (Å²) >= 11 is 1.07. The summed E-state index contributed by atoms with van der Waals surface area (Å²) in [5.41, 5.74) is 1.48. The van der Waals surface area contributed by atoms with Gasteiger partial charge < -0.3 is 9.88 Å². The highest BCUT2D eigenvalue weighted by atomic mass is 32.1. The lowest BCUT2D eigenvalue weighted by molar-refractivity contribution is -0.137. The second-order valence-electron chi connectivity index (χ2n) is 8.03. The molecule has 5 rings (SSSR count). The van der Waals surface area contributed by atoms with Gasteiger partial charge in [-0.15, -0.1) is 10.2 Å². The molecule has 3 aromatic carbocycles. The Morgan fingerprint density at radius 2 is 1.72 bits per heavy atom. The summed E-state index contributed by atoms with van der Waals surface area (Å²) in [4.78, 5) is 4.63. The van der Waals surface area contributed by atoms with Crippen LogP contribution in [0.2, 0.25) is 0 Å². The highest BCUT2D eigenvalue weighted by Gasteiger charge is 2.30. The molecule has 0 radical (unpaired) electrons. The zero-order valence-corrected chi connectivity index (χ0v) is 19.6. The Kier molecular flexibility index (Phi) is 6.17. The molecule has 0 bridgehead atoms. The molecular formula is C25H18F5N5S. The van der Waals surface area contributed by atoms with E-state index in [9.17, 15) is 17.6 Å². The first kappa shape index (κ1) is 23.9. The predicted molar refractivity (Wildman–Crippen MR) is 129 cm³/mol. The summed E-state index contributed by atoms with van der Waals surface area (Å²) in [6.45, 7) is 2.55. The van der Waals surface area contributed by atoms with E-state index in [1.807, 2.05) is 11.5 Å². The van der Waals surface area contributed by atoms with Crippen molar-refractivity contribution < 1.29 is 22.0 Å². The maximum absolute atomic E-state index is 15.1. The number of aryl methyl sites for hydroxylation is 1. The van der Waals surface area contributed by atoms with Crippen molar-refractivity contribution in [1.82, 2.24) is 19.7 Å². The van der Waals surface area contributed by atoms with E-state index in [4.69, 9.17) is 0 Å². The van der Waals surface area contributed by atoms with Gasteiger partial charge in [-0.3, -0.25) is 0 Å². The van der Waals surface area contributed by atoms with E-state index in [-0.39, 0.29) is 10.8 Å². The Morgan fingerprint density at radius 1 is 0.944 bits per heavy atom. The summed E-state index contributed by atoms with van der Waals surface area (Å²) in [6.07, 6.45) is -3.66. The summed E-state index contributed by atoms with van der Waals surface area (Å²) in [6, 6.07) is 13.5. The number of anilines is 2. The van der Waals surface area contributed by atoms with Crippen LogP contribution in [-0.4, -0.2) is 19.7 Å². The van der Waals surface area contributed by atoms with Gasteiger partial charge in [-0.1, -0.05) is 42.5 Å². The third kappa shape index (κ3) is 4.66. The second kappa shape index (κ2) is 9.30. The topological polar surface area (TPSA) is 55.6 Å². The number of nitrogens with zero attached hydrogens (tertiary/aromatic N) is 4. The van der Waals surface area contributed by atoms with Crippen LogP contribution in [0.25, 0.3) is 33.0 Å². The van der Waals surface area contributed by atoms with E-state index >= 15 is 4.39 Å². The van der Waals surface area contributed by atoms with E-state index in [2.05, 4.69) is 20.5 Å². The van der Waals surface area contributed by atoms with Crippen LogP contribution in [0.5, 0.6) is 0 Å². The number of hydrogen-bond acceptors (Lipinski definition) is 5. The van der Waals surface area contributed by atoms with Crippen molar-refractivity contribution in [1.29, 1.82) is 0 Å². The molecular weight excluding hydrogens is 497 g/mol. The second-order valence-corrected chi connectivity index (χ2v) is 9.01. The smallest absolute Gasteiger partial charge is 0.328 e. The quantitative estimate of drug-likeness (QED) is 0.236. The molecule has 0 aliphatic carbocycles. The lowest BCUT2D eigenvalue weighted by Gasteiger charge is -2.09. The highest BCUT2D eigenvalue weighted by molar-refractivity contribution is 7.18. The van der Waals surface area contributed by atoms with Crippen LogP contribution in [0.4, 0.5) is 32.8 Å². The van der Waals surface area contributed by atoms with Gasteiger partial charge in [0.2, 0.25) is 5.13 Å². The van der Waals surface area contributed by atoms with Crippen molar-refractivity contribution in [2.45, 2.75) is 26.1 Å². The number of hydrogen-bond donors (Lipinski definition) is 1. The molecule has 0 spiro atoms. The average Bonchev–Trinajstić information content (AvgIpc) is 3.44. The number of benzene rings is 3. The first-order valence-corrected chi connectivity index (χ1v) is 11.8. The Hall–Kier alpha value is -3.86. The van der Waals surface area contributed by atoms with Crippen LogP contribution < -0.4 is 5.32 Å². The number of halogens is 5. The fourth-order valence-electron chi connectivity index (χ4n) is 3.85. The SMILES string of the molecule is CCCn1c(-c2cccc(F)c2)nc2cc(Nc3nnc(-c4ccc(C(F)(F)F)cc4)s3)c(F)cc21. The van der Waals surface area contributed by atoms with Gasteiger partial charge in [-0.2, -0.15) is 13.2 Å². The highest BCUT2D eigenvalue weighted by Crippen LogP contribution is 2.34. The number of rotatable bonds is 6. The fraction of sp³-hybridized carbons (Fsp3) is 0.160. The third-order valence-electron chi connectivity index (χ3n) is 5.49. The molecule has 0 saturated heterocycles. The van der Waals surface area contributed by atoms with Crippen molar-refractivity contribution in [3.05, 3.63) is 77.9 Å². The lowest BCUT2D eigenvalue weighted by Crippen LogP contribution is -2.03. The van der Waals surface area contributed by atoms with E-state index in [0.29, 0.717) is 39.5 Å². The van der Waals surface area contributed by atoms with Crippen molar-refractivity contribution in [2.75, 3.05) is 5.32 Å². The van der Waals surface area contributed by atoms with Crippen LogP contribution in [0, 0.1) is 11.6 Å². The minimum absolute atomic E-state index is 0.115. The standard InChI is InChI=1S/C25H18F5N5S/c1-2-10-35-21-12-18(27)19(13-20(21)31-22(35)15-4-3-5-17(26)11-15)32-24-34-33-23(36-24)14-6-8-16(9-7-14)25(28,29)30/h3-9,11-13H,2,10H2,1H3,(H,32,34). The van der Waals surface area contributed by atoms with Crippen LogP contribution in [0.3, 0.4) is 0 Å². The summed E-state index contributed by atoms with van der Waals surface area (Å²) in [5.74, 6) is -0.406. The summed E-state index contributed by atoms with van der Waals surface area (Å²) < 4.78 is 69.2. The van der Waals surface area contributed by atoms with Crippen molar-refractivity contribution in [3.8, 4) is 22.0 Å². The van der Waals surface area contributed by atoms with Crippen LogP contribution in [0.1, 0.15) is 18.9 Å². The first-order chi connectivity index (χ1) is 17.2. The molecule has 2 heterocycles. The number of aromatic nitrogens is 4. The molecule has 5 aromatic rings. The number of nitrogens with one attached hydrogen (secondary N) is 1. The molecule has 11 heteroatoms. The average molecular weight is 516 g/mol. The molecule has 0 aliphatic rings. The van der Waals surface area contributed by atoms with E-state index < -0.39 is 23.4 Å². The van der Waals surface area contributed by atoms with Crippen LogP contribution in [-0.2, 0) is 12.7 Å². The summed E-state index contributed by atoms with van der Waals surface area (Å²) in [7, 11) is 0. The normalized spacial score (nSPS) is 11.8. The molecule has 1 N–H and O–H groups in total. The van der Waals surface area contributed by atoms with Crippen LogP contribution in [0.15, 0.2) is 60.7 Å². The largest absolute Gasteiger partial charge is 0.416 e. The molecule has 184 valence electrons. The van der Waals surface area contributed by atoms with E-state index in [1.54, 1.807) is 18.2 Å². The zero-order valence-electron chi connectivity index (χ0n) is 18.8. The fourth-order valence-corrected chi connectivity index (χ4v) is 4.61. The zero-order chi connectivity index (χ0) is 25.4. The third-order valence-corrected chi connectivity index (χ3v) is 6.38. The predicted octanol–water partition coefficient (Wildman–Crippen LogP) is 7.67. The minimum atomic E-state index is -4.43. The van der Waals surface area contributed by atoms with Gasteiger partial charge >= 0.3 is 6.18 Å². The van der Waals surface area contributed by atoms with Gasteiger partial charge in [0.25, 0.3) is 0 Å². The molecule has 36 heavy (non-hydrogen) atoms. The maximum Gasteiger partial charge on any atom is 0.416 e. The minimum Gasteiger partial charge on any atom is -0.328 e. The van der Waals surface area contributed by atoms with Crippen molar-refractivity contribution in [2.24, 2.45) is 0 Å². The molecule has 2 aromatic heterocycles. The summed E-state index contributed by atoms with van der Waals surface area (Å²) in [5, 5.41) is 11.5. The van der Waals surface area contributed by atoms with Gasteiger partial charge in [0, 0.05) is 23.7 Å². The Bertz CT molecular complexity index is 1540. The van der Waals surface area contributed by atoms with Crippen molar-refractivity contribution in [3.63, 3.8) is 0 Å². The van der Waals surface area contributed by atoms with Gasteiger partial charge in [0.1, 0.15) is 22.5 Å². The van der Waals surface area contributed by atoms with Gasteiger partial charge in [-0.05, 0) is 36.8 Å². The van der Waals surface area contributed by atoms with E-state index in [1.165, 1.54) is 30.3 Å². The molecule has 0 aliphatic heterocycles.